The van der Waals surface area contributed by atoms with Gasteiger partial charge in [0.25, 0.3) is 5.69 Å². The highest BCUT2D eigenvalue weighted by atomic mass is 35.5. The van der Waals surface area contributed by atoms with E-state index < -0.39 is 10.8 Å². The van der Waals surface area contributed by atoms with E-state index in [0.717, 1.165) is 0 Å². The van der Waals surface area contributed by atoms with Gasteiger partial charge < -0.3 is 10.4 Å². The molecule has 0 fully saturated rings. The van der Waals surface area contributed by atoms with Crippen LogP contribution < -0.4 is 10.00 Å². The van der Waals surface area contributed by atoms with Crippen LogP contribution >= 0.6 is 11.6 Å². The molecule has 0 atom stereocenters. The second-order valence-corrected chi connectivity index (χ2v) is 6.04. The van der Waals surface area contributed by atoms with Crippen molar-refractivity contribution in [2.75, 3.05) is 5.32 Å². The number of nitro groups is 1. The Hall–Kier alpha value is -3.78. The van der Waals surface area contributed by atoms with E-state index in [0.29, 0.717) is 10.7 Å². The molecule has 2 N–H and O–H groups in total. The summed E-state index contributed by atoms with van der Waals surface area (Å²) in [6.07, 6.45) is 2.96. The smallest absolute Gasteiger partial charge is 0.344 e. The van der Waals surface area contributed by atoms with Gasteiger partial charge in [-0.05, 0) is 52.2 Å². The van der Waals surface area contributed by atoms with Crippen LogP contribution in [0.15, 0.2) is 73.1 Å². The minimum Gasteiger partial charge on any atom is -0.502 e. The van der Waals surface area contributed by atoms with Crippen LogP contribution in [-0.4, -0.2) is 21.0 Å². The van der Waals surface area contributed by atoms with Crippen molar-refractivity contribution in [1.29, 1.82) is 0 Å². The van der Waals surface area contributed by atoms with E-state index >= 15 is 0 Å². The molecule has 28 heavy (non-hydrogen) atoms. The molecule has 140 valence electrons. The number of hydrogen-bond acceptors (Lipinski definition) is 5. The van der Waals surface area contributed by atoms with Crippen molar-refractivity contribution >= 4 is 40.3 Å². The Labute approximate surface area is 164 Å². The number of nitrogens with zero attached hydrogens (tertiary/aromatic N) is 3. The number of nitrogens with one attached hydrogen (secondary N) is 1. The first-order chi connectivity index (χ1) is 13.5. The Kier molecular flexibility index (Phi) is 5.61. The van der Waals surface area contributed by atoms with Gasteiger partial charge in [0.2, 0.25) is 12.0 Å². The summed E-state index contributed by atoms with van der Waals surface area (Å²) in [6.45, 7) is 0. The topological polar surface area (TPSA) is 109 Å². The molecule has 9 heteroatoms. The summed E-state index contributed by atoms with van der Waals surface area (Å²) in [5.41, 5.74) is 0.420. The minimum atomic E-state index is -0.623. The van der Waals surface area contributed by atoms with E-state index in [2.05, 4.69) is 10.4 Å². The third-order valence-electron chi connectivity index (χ3n) is 3.74. The van der Waals surface area contributed by atoms with E-state index in [9.17, 15) is 20.0 Å². The Morgan fingerprint density at radius 2 is 1.79 bits per heavy atom. The van der Waals surface area contributed by atoms with Crippen molar-refractivity contribution in [3.63, 3.8) is 0 Å². The predicted molar refractivity (Wildman–Crippen MR) is 103 cm³/mol. The summed E-state index contributed by atoms with van der Waals surface area (Å²) in [6, 6.07) is 15.0. The average molecular weight is 398 g/mol. The van der Waals surface area contributed by atoms with Gasteiger partial charge in [0.1, 0.15) is 0 Å². The molecule has 0 saturated carbocycles. The van der Waals surface area contributed by atoms with Gasteiger partial charge in [-0.1, -0.05) is 11.6 Å². The summed E-state index contributed by atoms with van der Waals surface area (Å²) in [7, 11) is 0. The fraction of sp³-hybridized carbons (Fsp3) is 0. The van der Waals surface area contributed by atoms with Crippen molar-refractivity contribution in [2.45, 2.75) is 0 Å². The van der Waals surface area contributed by atoms with Gasteiger partial charge in [-0.3, -0.25) is 14.9 Å². The molecular formula is C19H14ClN4O4+. The second kappa shape index (κ2) is 8.28. The molecule has 0 aliphatic carbocycles. The lowest BCUT2D eigenvalue weighted by Gasteiger charge is -2.07. The van der Waals surface area contributed by atoms with E-state index in [4.69, 9.17) is 11.6 Å². The largest absolute Gasteiger partial charge is 0.502 e. The van der Waals surface area contributed by atoms with Crippen molar-refractivity contribution in [2.24, 2.45) is 0 Å². The third-order valence-corrected chi connectivity index (χ3v) is 3.99. The molecule has 0 bridgehead atoms. The average Bonchev–Trinajstić information content (AvgIpc) is 2.70. The van der Waals surface area contributed by atoms with Gasteiger partial charge >= 0.3 is 11.6 Å². The fourth-order valence-electron chi connectivity index (χ4n) is 2.38. The van der Waals surface area contributed by atoms with Crippen LogP contribution in [0.3, 0.4) is 0 Å². The Balaban J connectivity index is 2.03. The lowest BCUT2D eigenvalue weighted by Crippen LogP contribution is -2.42. The lowest BCUT2D eigenvalue weighted by molar-refractivity contribution is -0.642. The standard InChI is InChI=1S/C19H13ClN4O4/c20-14-5-7-15(8-6-14)22-19(26)17(23-12-2-1-11-21-23)18(25)13-3-9-16(10-4-13)24(27)28/h1-12H,(H-,21,22,25,26)/p+1. The molecule has 0 radical (unpaired) electrons. The maximum atomic E-state index is 12.9. The fourth-order valence-corrected chi connectivity index (χ4v) is 2.51. The van der Waals surface area contributed by atoms with Gasteiger partial charge in [-0.15, -0.1) is 0 Å². The van der Waals surface area contributed by atoms with Crippen LogP contribution in [0.2, 0.25) is 5.02 Å². The Bertz CT molecular complexity index is 1040. The van der Waals surface area contributed by atoms with Crippen LogP contribution in [0.4, 0.5) is 11.4 Å². The van der Waals surface area contributed by atoms with Crippen molar-refractivity contribution in [3.8, 4) is 0 Å². The molecule has 0 spiro atoms. The number of aromatic nitrogens is 2. The molecule has 1 heterocycles. The van der Waals surface area contributed by atoms with Crippen molar-refractivity contribution in [3.05, 3.63) is 93.8 Å². The van der Waals surface area contributed by atoms with Gasteiger partial charge in [0, 0.05) is 34.5 Å². The molecule has 0 saturated heterocycles. The summed E-state index contributed by atoms with van der Waals surface area (Å²) < 4.78 is 1.21. The highest BCUT2D eigenvalue weighted by Crippen LogP contribution is 2.21. The molecule has 0 aliphatic heterocycles. The molecule has 0 aliphatic rings. The number of hydrogen-bond donors (Lipinski definition) is 2. The van der Waals surface area contributed by atoms with E-state index in [1.807, 2.05) is 0 Å². The van der Waals surface area contributed by atoms with E-state index in [1.54, 1.807) is 36.4 Å². The number of nitro benzene ring substituents is 1. The lowest BCUT2D eigenvalue weighted by atomic mass is 10.1. The SMILES string of the molecule is O=C(Nc1ccc(Cl)cc1)/C(=C(\O)c1ccc([N+](=O)[O-])cc1)[n+]1ccccn1. The zero-order valence-corrected chi connectivity index (χ0v) is 15.1. The van der Waals surface area contributed by atoms with Crippen LogP contribution in [-0.2, 0) is 4.79 Å². The number of aliphatic hydroxyl groups excluding tert-OH is 1. The highest BCUT2D eigenvalue weighted by molar-refractivity contribution is 6.30. The molecule has 2 aromatic carbocycles. The molecule has 0 unspecified atom stereocenters. The van der Waals surface area contributed by atoms with Crippen LogP contribution in [0, 0.1) is 10.1 Å². The van der Waals surface area contributed by atoms with Crippen LogP contribution in [0.25, 0.3) is 11.5 Å². The van der Waals surface area contributed by atoms with Gasteiger partial charge in [-0.25, -0.2) is 0 Å². The molecular weight excluding hydrogens is 384 g/mol. The Morgan fingerprint density at radius 1 is 1.11 bits per heavy atom. The zero-order chi connectivity index (χ0) is 20.1. The van der Waals surface area contributed by atoms with Gasteiger partial charge in [0.05, 0.1) is 11.1 Å². The predicted octanol–water partition coefficient (Wildman–Crippen LogP) is 3.45. The third kappa shape index (κ3) is 4.30. The quantitative estimate of drug-likeness (QED) is 0.225. The van der Waals surface area contributed by atoms with Crippen molar-refractivity contribution in [1.82, 2.24) is 5.10 Å². The number of carbonyl (C=O) groups excluding carboxylic acids is 1. The first-order valence-electron chi connectivity index (χ1n) is 8.04. The summed E-state index contributed by atoms with van der Waals surface area (Å²) in [5.74, 6) is -1.01. The number of aliphatic hydroxyl groups is 1. The first kappa shape index (κ1) is 19.0. The van der Waals surface area contributed by atoms with Crippen molar-refractivity contribution < 1.29 is 19.5 Å². The molecule has 1 amide bonds. The maximum absolute atomic E-state index is 12.9. The number of amides is 1. The molecule has 3 aromatic rings. The maximum Gasteiger partial charge on any atom is 0.344 e. The molecule has 8 nitrogen and oxygen atoms in total. The first-order valence-corrected chi connectivity index (χ1v) is 8.42. The monoisotopic (exact) mass is 397 g/mol. The van der Waals surface area contributed by atoms with E-state index in [-0.39, 0.29) is 22.7 Å². The van der Waals surface area contributed by atoms with Crippen LogP contribution in [0.1, 0.15) is 5.56 Å². The molecule has 1 aromatic heterocycles. The number of carbonyl (C=O) groups is 1. The van der Waals surface area contributed by atoms with Gasteiger partial charge in [0.15, 0.2) is 0 Å². The number of anilines is 1. The van der Waals surface area contributed by atoms with Crippen LogP contribution in [0.5, 0.6) is 0 Å². The minimum absolute atomic E-state index is 0.130. The number of halogens is 1. The summed E-state index contributed by atoms with van der Waals surface area (Å²) >= 11 is 5.85. The molecule has 3 rings (SSSR count). The number of benzene rings is 2. The van der Waals surface area contributed by atoms with E-state index in [1.165, 1.54) is 41.3 Å². The second-order valence-electron chi connectivity index (χ2n) is 5.61. The summed E-state index contributed by atoms with van der Waals surface area (Å²) in [5, 5.41) is 28.8. The summed E-state index contributed by atoms with van der Waals surface area (Å²) in [4.78, 5) is 23.1. The number of non-ortho nitro benzene ring substituents is 1. The normalized spacial score (nSPS) is 11.5. The van der Waals surface area contributed by atoms with Gasteiger partial charge in [-0.2, -0.15) is 0 Å². The number of rotatable bonds is 5. The Morgan fingerprint density at radius 3 is 2.36 bits per heavy atom. The zero-order valence-electron chi connectivity index (χ0n) is 14.3. The highest BCUT2D eigenvalue weighted by Gasteiger charge is 2.29.